The first-order chi connectivity index (χ1) is 9.15. The van der Waals surface area contributed by atoms with Crippen molar-refractivity contribution in [3.8, 4) is 0 Å². The summed E-state index contributed by atoms with van der Waals surface area (Å²) in [5, 5.41) is 5.71. The van der Waals surface area contributed by atoms with Gasteiger partial charge in [0.1, 0.15) is 0 Å². The normalized spacial score (nSPS) is 11.9. The second-order valence-corrected chi connectivity index (χ2v) is 5.92. The second kappa shape index (κ2) is 6.59. The third-order valence-corrected chi connectivity index (χ3v) is 4.08. The third-order valence-electron chi connectivity index (χ3n) is 2.66. The van der Waals surface area contributed by atoms with E-state index in [9.17, 15) is 4.79 Å². The highest BCUT2D eigenvalue weighted by molar-refractivity contribution is 7.16. The lowest BCUT2D eigenvalue weighted by Crippen LogP contribution is -2.36. The molecule has 1 atom stereocenters. The highest BCUT2D eigenvalue weighted by Gasteiger charge is 2.11. The van der Waals surface area contributed by atoms with E-state index in [4.69, 9.17) is 11.6 Å². The smallest absolute Gasteiger partial charge is 0.315 e. The van der Waals surface area contributed by atoms with Gasteiger partial charge in [0.05, 0.1) is 10.4 Å². The van der Waals surface area contributed by atoms with Crippen LogP contribution in [0.25, 0.3) is 0 Å². The molecule has 0 bridgehead atoms. The van der Waals surface area contributed by atoms with Crippen molar-refractivity contribution in [3.05, 3.63) is 57.2 Å². The molecule has 0 aliphatic heterocycles. The molecule has 0 saturated carbocycles. The van der Waals surface area contributed by atoms with Gasteiger partial charge in [0.2, 0.25) is 0 Å². The quantitative estimate of drug-likeness (QED) is 0.880. The van der Waals surface area contributed by atoms with E-state index in [1.807, 2.05) is 49.4 Å². The van der Waals surface area contributed by atoms with E-state index in [2.05, 4.69) is 10.6 Å². The molecule has 2 aromatic rings. The van der Waals surface area contributed by atoms with Crippen molar-refractivity contribution in [1.82, 2.24) is 10.6 Å². The third kappa shape index (κ3) is 4.26. The Morgan fingerprint density at radius 3 is 2.63 bits per heavy atom. The Labute approximate surface area is 121 Å². The maximum atomic E-state index is 11.8. The minimum atomic E-state index is -0.180. The summed E-state index contributed by atoms with van der Waals surface area (Å²) in [5.74, 6) is 0. The monoisotopic (exact) mass is 294 g/mol. The zero-order valence-corrected chi connectivity index (χ0v) is 12.1. The van der Waals surface area contributed by atoms with Gasteiger partial charge < -0.3 is 10.6 Å². The Morgan fingerprint density at radius 1 is 1.26 bits per heavy atom. The number of hydrogen-bond acceptors (Lipinski definition) is 2. The number of rotatable bonds is 4. The predicted octanol–water partition coefficient (Wildman–Crippen LogP) is 3.96. The number of urea groups is 1. The maximum Gasteiger partial charge on any atom is 0.315 e. The summed E-state index contributed by atoms with van der Waals surface area (Å²) in [6.45, 7) is 2.45. The number of nitrogens with one attached hydrogen (secondary N) is 2. The van der Waals surface area contributed by atoms with Gasteiger partial charge >= 0.3 is 6.03 Å². The number of thiophene rings is 1. The average molecular weight is 295 g/mol. The van der Waals surface area contributed by atoms with Crippen LogP contribution in [0.2, 0.25) is 4.34 Å². The van der Waals surface area contributed by atoms with Gasteiger partial charge in [-0.15, -0.1) is 11.3 Å². The molecule has 0 aliphatic rings. The van der Waals surface area contributed by atoms with E-state index in [-0.39, 0.29) is 12.1 Å². The Morgan fingerprint density at radius 2 is 2.00 bits per heavy atom. The van der Waals surface area contributed by atoms with Crippen LogP contribution in [0.1, 0.15) is 23.4 Å². The first kappa shape index (κ1) is 13.9. The van der Waals surface area contributed by atoms with Gasteiger partial charge in [-0.25, -0.2) is 4.79 Å². The van der Waals surface area contributed by atoms with Crippen LogP contribution < -0.4 is 10.6 Å². The summed E-state index contributed by atoms with van der Waals surface area (Å²) in [6.07, 6.45) is 0. The molecule has 3 nitrogen and oxygen atoms in total. The second-order valence-electron chi connectivity index (χ2n) is 4.18. The van der Waals surface area contributed by atoms with Crippen molar-refractivity contribution >= 4 is 29.0 Å². The Bertz CT molecular complexity index is 541. The fourth-order valence-corrected chi connectivity index (χ4v) is 2.72. The summed E-state index contributed by atoms with van der Waals surface area (Å²) < 4.78 is 0.730. The van der Waals surface area contributed by atoms with Crippen LogP contribution in [0, 0.1) is 0 Å². The highest BCUT2D eigenvalue weighted by atomic mass is 35.5. The van der Waals surface area contributed by atoms with Crippen LogP contribution in [-0.2, 0) is 6.54 Å². The summed E-state index contributed by atoms with van der Waals surface area (Å²) in [7, 11) is 0. The van der Waals surface area contributed by atoms with E-state index in [1.165, 1.54) is 11.3 Å². The molecule has 0 spiro atoms. The minimum Gasteiger partial charge on any atom is -0.334 e. The molecule has 1 aromatic carbocycles. The Balaban J connectivity index is 1.81. The number of amides is 2. The summed E-state index contributed by atoms with van der Waals surface area (Å²) >= 11 is 7.35. The maximum absolute atomic E-state index is 11.8. The van der Waals surface area contributed by atoms with Gasteiger partial charge in [0, 0.05) is 11.4 Å². The lowest BCUT2D eigenvalue weighted by Gasteiger charge is -2.13. The first-order valence-corrected chi connectivity index (χ1v) is 7.18. The van der Waals surface area contributed by atoms with Crippen molar-refractivity contribution in [2.45, 2.75) is 19.5 Å². The summed E-state index contributed by atoms with van der Waals surface area (Å²) in [6, 6.07) is 13.3. The fourth-order valence-electron chi connectivity index (χ4n) is 1.66. The number of carbonyl (C=O) groups is 1. The molecule has 19 heavy (non-hydrogen) atoms. The van der Waals surface area contributed by atoms with Gasteiger partial charge in [-0.3, -0.25) is 0 Å². The number of carbonyl (C=O) groups excluding carboxylic acids is 1. The Kier molecular flexibility index (Phi) is 4.82. The molecule has 5 heteroatoms. The predicted molar refractivity (Wildman–Crippen MR) is 79.6 cm³/mol. The van der Waals surface area contributed by atoms with Crippen LogP contribution in [0.3, 0.4) is 0 Å². The summed E-state index contributed by atoms with van der Waals surface area (Å²) in [4.78, 5) is 12.8. The van der Waals surface area contributed by atoms with Gasteiger partial charge in [-0.1, -0.05) is 41.9 Å². The lowest BCUT2D eigenvalue weighted by atomic mass is 10.2. The largest absolute Gasteiger partial charge is 0.334 e. The SMILES string of the molecule is C[C@H](NC(=O)NCc1ccccc1)c1ccc(Cl)s1. The summed E-state index contributed by atoms with van der Waals surface area (Å²) in [5.41, 5.74) is 1.07. The molecule has 0 unspecified atom stereocenters. The van der Waals surface area contributed by atoms with Crippen LogP contribution in [0.4, 0.5) is 4.79 Å². The topological polar surface area (TPSA) is 41.1 Å². The van der Waals surface area contributed by atoms with Crippen molar-refractivity contribution < 1.29 is 4.79 Å². The van der Waals surface area contributed by atoms with Crippen LogP contribution >= 0.6 is 22.9 Å². The van der Waals surface area contributed by atoms with Gasteiger partial charge in [0.15, 0.2) is 0 Å². The van der Waals surface area contributed by atoms with E-state index in [0.29, 0.717) is 6.54 Å². The molecule has 0 radical (unpaired) electrons. The number of hydrogen-bond donors (Lipinski definition) is 2. The van der Waals surface area contributed by atoms with Crippen LogP contribution in [0.15, 0.2) is 42.5 Å². The molecule has 100 valence electrons. The molecule has 0 saturated heterocycles. The van der Waals surface area contributed by atoms with E-state index < -0.39 is 0 Å². The van der Waals surface area contributed by atoms with Crippen LogP contribution in [0.5, 0.6) is 0 Å². The van der Waals surface area contributed by atoms with Crippen molar-refractivity contribution in [3.63, 3.8) is 0 Å². The molecule has 1 heterocycles. The van der Waals surface area contributed by atoms with E-state index >= 15 is 0 Å². The Hall–Kier alpha value is -1.52. The molecular weight excluding hydrogens is 280 g/mol. The van der Waals surface area contributed by atoms with Gasteiger partial charge in [-0.05, 0) is 24.6 Å². The van der Waals surface area contributed by atoms with Crippen molar-refractivity contribution in [1.29, 1.82) is 0 Å². The van der Waals surface area contributed by atoms with Crippen molar-refractivity contribution in [2.75, 3.05) is 0 Å². The van der Waals surface area contributed by atoms with Gasteiger partial charge in [0.25, 0.3) is 0 Å². The zero-order valence-electron chi connectivity index (χ0n) is 10.5. The molecule has 0 aliphatic carbocycles. The molecular formula is C14H15ClN2OS. The molecule has 2 N–H and O–H groups in total. The van der Waals surface area contributed by atoms with Crippen LogP contribution in [-0.4, -0.2) is 6.03 Å². The average Bonchev–Trinajstić information content (AvgIpc) is 2.84. The molecule has 1 aromatic heterocycles. The number of benzene rings is 1. The lowest BCUT2D eigenvalue weighted by molar-refractivity contribution is 0.237. The molecule has 2 rings (SSSR count). The zero-order chi connectivity index (χ0) is 13.7. The van der Waals surface area contributed by atoms with Crippen molar-refractivity contribution in [2.24, 2.45) is 0 Å². The number of halogens is 1. The van der Waals surface area contributed by atoms with Gasteiger partial charge in [-0.2, -0.15) is 0 Å². The molecule has 0 fully saturated rings. The first-order valence-electron chi connectivity index (χ1n) is 5.98. The standard InChI is InChI=1S/C14H15ClN2OS/c1-10(12-7-8-13(15)19-12)17-14(18)16-9-11-5-3-2-4-6-11/h2-8,10H,9H2,1H3,(H2,16,17,18)/t10-/m0/s1. The minimum absolute atomic E-state index is 0.0479. The van der Waals surface area contributed by atoms with E-state index in [1.54, 1.807) is 0 Å². The van der Waals surface area contributed by atoms with E-state index in [0.717, 1.165) is 14.8 Å². The molecule has 2 amide bonds. The fraction of sp³-hybridized carbons (Fsp3) is 0.214. The highest BCUT2D eigenvalue weighted by Crippen LogP contribution is 2.26.